The highest BCUT2D eigenvalue weighted by atomic mass is 35.5. The molecular formula is C22H25ClN2O. The number of imidazole rings is 1. The van der Waals surface area contributed by atoms with Crippen molar-refractivity contribution >= 4 is 11.6 Å². The average Bonchev–Trinajstić information content (AvgIpc) is 3.07. The summed E-state index contributed by atoms with van der Waals surface area (Å²) in [7, 11) is 0. The van der Waals surface area contributed by atoms with Crippen molar-refractivity contribution in [3.63, 3.8) is 0 Å². The standard InChI is InChI=1S/C22H25ClN2O/c1-5-18(26-19-9-7-6-8-15(19)4)21-20(24-22(25-21)14(2)3)16-10-12-17(23)13-11-16/h6-14,18H,5H2,1-4H3,(H,24,25). The van der Waals surface area contributed by atoms with Gasteiger partial charge in [-0.25, -0.2) is 4.98 Å². The first-order chi connectivity index (χ1) is 12.5. The van der Waals surface area contributed by atoms with Gasteiger partial charge in [0.2, 0.25) is 0 Å². The van der Waals surface area contributed by atoms with Gasteiger partial charge >= 0.3 is 0 Å². The first kappa shape index (κ1) is 18.5. The van der Waals surface area contributed by atoms with Gasteiger partial charge in [0.15, 0.2) is 0 Å². The van der Waals surface area contributed by atoms with E-state index in [1.807, 2.05) is 42.5 Å². The molecule has 0 bridgehead atoms. The third-order valence-corrected chi connectivity index (χ3v) is 4.72. The van der Waals surface area contributed by atoms with E-state index < -0.39 is 0 Å². The van der Waals surface area contributed by atoms with Crippen LogP contribution in [0.25, 0.3) is 11.3 Å². The molecule has 2 aromatic carbocycles. The lowest BCUT2D eigenvalue weighted by atomic mass is 10.1. The van der Waals surface area contributed by atoms with Gasteiger partial charge < -0.3 is 9.72 Å². The van der Waals surface area contributed by atoms with E-state index in [0.29, 0.717) is 5.92 Å². The highest BCUT2D eigenvalue weighted by Crippen LogP contribution is 2.34. The van der Waals surface area contributed by atoms with Gasteiger partial charge in [0.25, 0.3) is 0 Å². The number of nitrogens with one attached hydrogen (secondary N) is 1. The van der Waals surface area contributed by atoms with Crippen LogP contribution in [0.3, 0.4) is 0 Å². The number of rotatable bonds is 6. The zero-order valence-corrected chi connectivity index (χ0v) is 16.5. The molecule has 1 atom stereocenters. The van der Waals surface area contributed by atoms with E-state index in [4.69, 9.17) is 21.3 Å². The highest BCUT2D eigenvalue weighted by Gasteiger charge is 2.22. The van der Waals surface area contributed by atoms with Crippen LogP contribution in [0.5, 0.6) is 5.75 Å². The van der Waals surface area contributed by atoms with E-state index in [-0.39, 0.29) is 6.10 Å². The molecule has 0 aliphatic carbocycles. The second-order valence-corrected chi connectivity index (χ2v) is 7.26. The average molecular weight is 369 g/mol. The maximum Gasteiger partial charge on any atom is 0.140 e. The summed E-state index contributed by atoms with van der Waals surface area (Å²) in [4.78, 5) is 8.38. The number of aromatic nitrogens is 2. The minimum absolute atomic E-state index is 0.0956. The number of H-pyrrole nitrogens is 1. The molecule has 26 heavy (non-hydrogen) atoms. The molecule has 4 heteroatoms. The Kier molecular flexibility index (Phi) is 5.67. The van der Waals surface area contributed by atoms with Crippen molar-refractivity contribution in [1.29, 1.82) is 0 Å². The van der Waals surface area contributed by atoms with Gasteiger partial charge in [-0.3, -0.25) is 0 Å². The fourth-order valence-corrected chi connectivity index (χ4v) is 3.05. The number of aromatic amines is 1. The van der Waals surface area contributed by atoms with E-state index in [9.17, 15) is 0 Å². The minimum Gasteiger partial charge on any atom is -0.484 e. The molecule has 1 heterocycles. The van der Waals surface area contributed by atoms with Gasteiger partial charge in [0.1, 0.15) is 17.7 Å². The molecular weight excluding hydrogens is 344 g/mol. The van der Waals surface area contributed by atoms with Crippen molar-refractivity contribution in [2.75, 3.05) is 0 Å². The lowest BCUT2D eigenvalue weighted by Gasteiger charge is -2.19. The Hall–Kier alpha value is -2.26. The zero-order valence-electron chi connectivity index (χ0n) is 15.7. The van der Waals surface area contributed by atoms with Gasteiger partial charge in [0, 0.05) is 16.5 Å². The molecule has 0 spiro atoms. The fourth-order valence-electron chi connectivity index (χ4n) is 2.93. The van der Waals surface area contributed by atoms with Gasteiger partial charge in [-0.15, -0.1) is 0 Å². The summed E-state index contributed by atoms with van der Waals surface area (Å²) < 4.78 is 6.36. The van der Waals surface area contributed by atoms with Gasteiger partial charge in [-0.05, 0) is 37.1 Å². The molecule has 0 amide bonds. The molecule has 0 saturated carbocycles. The summed E-state index contributed by atoms with van der Waals surface area (Å²) in [5.74, 6) is 2.18. The largest absolute Gasteiger partial charge is 0.484 e. The van der Waals surface area contributed by atoms with E-state index in [1.54, 1.807) is 0 Å². The van der Waals surface area contributed by atoms with Crippen LogP contribution in [-0.2, 0) is 0 Å². The molecule has 0 radical (unpaired) electrons. The Balaban J connectivity index is 2.03. The number of benzene rings is 2. The first-order valence-electron chi connectivity index (χ1n) is 9.07. The number of ether oxygens (including phenoxy) is 1. The highest BCUT2D eigenvalue weighted by molar-refractivity contribution is 6.30. The number of para-hydroxylation sites is 1. The molecule has 0 aliphatic rings. The van der Waals surface area contributed by atoms with Crippen molar-refractivity contribution in [2.45, 2.75) is 46.1 Å². The van der Waals surface area contributed by atoms with Crippen LogP contribution >= 0.6 is 11.6 Å². The Bertz CT molecular complexity index is 868. The van der Waals surface area contributed by atoms with E-state index in [1.165, 1.54) is 0 Å². The van der Waals surface area contributed by atoms with Gasteiger partial charge in [-0.1, -0.05) is 62.7 Å². The molecule has 3 rings (SSSR count). The maximum absolute atomic E-state index is 6.36. The van der Waals surface area contributed by atoms with Gasteiger partial charge in [-0.2, -0.15) is 0 Å². The number of hydrogen-bond donors (Lipinski definition) is 1. The van der Waals surface area contributed by atoms with E-state index in [0.717, 1.165) is 45.5 Å². The topological polar surface area (TPSA) is 37.9 Å². The molecule has 1 aromatic heterocycles. The smallest absolute Gasteiger partial charge is 0.140 e. The van der Waals surface area contributed by atoms with Gasteiger partial charge in [0.05, 0.1) is 11.4 Å². The monoisotopic (exact) mass is 368 g/mol. The van der Waals surface area contributed by atoms with Crippen LogP contribution in [0.1, 0.15) is 56.3 Å². The van der Waals surface area contributed by atoms with Crippen molar-refractivity contribution in [3.8, 4) is 17.0 Å². The predicted octanol–water partition coefficient (Wildman–Crippen LogP) is 6.69. The molecule has 3 nitrogen and oxygen atoms in total. The van der Waals surface area contributed by atoms with Crippen molar-refractivity contribution in [3.05, 3.63) is 70.6 Å². The Labute approximate surface area is 160 Å². The van der Waals surface area contributed by atoms with Crippen LogP contribution in [-0.4, -0.2) is 9.97 Å². The number of aryl methyl sites for hydroxylation is 1. The maximum atomic E-state index is 6.36. The van der Waals surface area contributed by atoms with Crippen LogP contribution in [0.4, 0.5) is 0 Å². The summed E-state index contributed by atoms with van der Waals surface area (Å²) in [6.07, 6.45) is 0.746. The summed E-state index contributed by atoms with van der Waals surface area (Å²) in [6, 6.07) is 15.9. The fraction of sp³-hybridized carbons (Fsp3) is 0.318. The molecule has 1 N–H and O–H groups in total. The Morgan fingerprint density at radius 3 is 2.38 bits per heavy atom. The Morgan fingerprint density at radius 1 is 1.08 bits per heavy atom. The normalized spacial score (nSPS) is 12.4. The van der Waals surface area contributed by atoms with E-state index in [2.05, 4.69) is 38.7 Å². The molecule has 0 fully saturated rings. The molecule has 1 unspecified atom stereocenters. The summed E-state index contributed by atoms with van der Waals surface area (Å²) in [5, 5.41) is 0.720. The minimum atomic E-state index is -0.0956. The van der Waals surface area contributed by atoms with Crippen molar-refractivity contribution < 1.29 is 4.74 Å². The number of nitrogens with zero attached hydrogens (tertiary/aromatic N) is 1. The van der Waals surface area contributed by atoms with Crippen LogP contribution in [0.2, 0.25) is 5.02 Å². The SMILES string of the molecule is CCC(Oc1ccccc1C)c1[nH]c(C(C)C)nc1-c1ccc(Cl)cc1. The lowest BCUT2D eigenvalue weighted by molar-refractivity contribution is 0.196. The molecule has 3 aromatic rings. The predicted molar refractivity (Wildman–Crippen MR) is 108 cm³/mol. The quantitative estimate of drug-likeness (QED) is 0.526. The summed E-state index contributed by atoms with van der Waals surface area (Å²) in [5.41, 5.74) is 4.12. The van der Waals surface area contributed by atoms with Crippen molar-refractivity contribution in [2.24, 2.45) is 0 Å². The molecule has 136 valence electrons. The van der Waals surface area contributed by atoms with Crippen LogP contribution < -0.4 is 4.74 Å². The molecule has 0 aliphatic heterocycles. The first-order valence-corrected chi connectivity index (χ1v) is 9.45. The Morgan fingerprint density at radius 2 is 1.77 bits per heavy atom. The molecule has 0 saturated heterocycles. The summed E-state index contributed by atoms with van der Waals surface area (Å²) in [6.45, 7) is 8.47. The second-order valence-electron chi connectivity index (χ2n) is 6.83. The van der Waals surface area contributed by atoms with Crippen molar-refractivity contribution in [1.82, 2.24) is 9.97 Å². The third kappa shape index (κ3) is 3.94. The second kappa shape index (κ2) is 7.96. The lowest BCUT2D eigenvalue weighted by Crippen LogP contribution is -2.09. The van der Waals surface area contributed by atoms with Crippen LogP contribution in [0, 0.1) is 6.92 Å². The number of halogens is 1. The van der Waals surface area contributed by atoms with E-state index >= 15 is 0 Å². The van der Waals surface area contributed by atoms with Crippen LogP contribution in [0.15, 0.2) is 48.5 Å². The summed E-state index contributed by atoms with van der Waals surface area (Å²) >= 11 is 6.06. The number of hydrogen-bond acceptors (Lipinski definition) is 2. The zero-order chi connectivity index (χ0) is 18.7. The third-order valence-electron chi connectivity index (χ3n) is 4.47.